The number of rotatable bonds is 0. The van der Waals surface area contributed by atoms with E-state index in [1.807, 2.05) is 6.92 Å². The summed E-state index contributed by atoms with van der Waals surface area (Å²) in [5.41, 5.74) is -0.751. The zero-order valence-corrected chi connectivity index (χ0v) is 11.6. The average molecular weight is 266 g/mol. The Kier molecular flexibility index (Phi) is 2.64. The molecule has 6 atom stereocenters. The third-order valence-corrected chi connectivity index (χ3v) is 5.74. The van der Waals surface area contributed by atoms with Crippen LogP contribution in [-0.2, 0) is 9.53 Å². The fourth-order valence-corrected chi connectivity index (χ4v) is 4.62. The van der Waals surface area contributed by atoms with E-state index >= 15 is 0 Å². The van der Waals surface area contributed by atoms with Gasteiger partial charge in [0.05, 0.1) is 11.7 Å². The molecule has 19 heavy (non-hydrogen) atoms. The van der Waals surface area contributed by atoms with E-state index in [-0.39, 0.29) is 29.3 Å². The number of fused-ring (bicyclic) bond motifs is 3. The molecule has 106 valence electrons. The lowest BCUT2D eigenvalue weighted by molar-refractivity contribution is -0.211. The summed E-state index contributed by atoms with van der Waals surface area (Å²) in [7, 11) is 0. The van der Waals surface area contributed by atoms with Gasteiger partial charge >= 0.3 is 5.97 Å². The number of ether oxygens (including phenoxy) is 1. The minimum atomic E-state index is -0.901. The van der Waals surface area contributed by atoms with E-state index in [0.29, 0.717) is 18.4 Å². The lowest BCUT2D eigenvalue weighted by Crippen LogP contribution is -2.62. The van der Waals surface area contributed by atoms with E-state index in [0.717, 1.165) is 12.8 Å². The third kappa shape index (κ3) is 1.62. The molecule has 0 aromatic carbocycles. The summed E-state index contributed by atoms with van der Waals surface area (Å²) in [6.07, 6.45) is 1.98. The lowest BCUT2D eigenvalue weighted by atomic mass is 9.51. The molecular formula is C15H22O4. The molecule has 0 radical (unpaired) electrons. The van der Waals surface area contributed by atoms with Gasteiger partial charge in [-0.2, -0.15) is 0 Å². The van der Waals surface area contributed by atoms with Crippen LogP contribution in [0.25, 0.3) is 0 Å². The van der Waals surface area contributed by atoms with Gasteiger partial charge in [0, 0.05) is 22.8 Å². The number of aliphatic hydroxyl groups excluding tert-OH is 1. The second-order valence-electron chi connectivity index (χ2n) is 6.94. The van der Waals surface area contributed by atoms with Gasteiger partial charge in [-0.25, -0.2) is 4.79 Å². The molecule has 4 heteroatoms. The summed E-state index contributed by atoms with van der Waals surface area (Å²) in [6, 6.07) is 0. The van der Waals surface area contributed by atoms with E-state index in [1.54, 1.807) is 6.92 Å². The summed E-state index contributed by atoms with van der Waals surface area (Å²) in [5, 5.41) is 21.1. The minimum absolute atomic E-state index is 0.00218. The van der Waals surface area contributed by atoms with Gasteiger partial charge in [0.1, 0.15) is 6.10 Å². The van der Waals surface area contributed by atoms with Crippen LogP contribution in [0.15, 0.2) is 12.2 Å². The zero-order chi connectivity index (χ0) is 14.0. The van der Waals surface area contributed by atoms with Crippen LogP contribution >= 0.6 is 0 Å². The van der Waals surface area contributed by atoms with Crippen LogP contribution in [0.1, 0.15) is 39.5 Å². The van der Waals surface area contributed by atoms with Crippen molar-refractivity contribution in [1.29, 1.82) is 0 Å². The molecule has 0 unspecified atom stereocenters. The van der Waals surface area contributed by atoms with Crippen molar-refractivity contribution >= 4 is 5.97 Å². The second kappa shape index (κ2) is 3.83. The molecule has 2 saturated carbocycles. The number of carbonyl (C=O) groups is 1. The first kappa shape index (κ1) is 13.1. The third-order valence-electron chi connectivity index (χ3n) is 5.74. The number of hydrogen-bond acceptors (Lipinski definition) is 4. The van der Waals surface area contributed by atoms with Gasteiger partial charge < -0.3 is 14.9 Å². The highest BCUT2D eigenvalue weighted by atomic mass is 16.6. The predicted octanol–water partition coefficient (Wildman–Crippen LogP) is 1.41. The fraction of sp³-hybridized carbons (Fsp3) is 0.800. The van der Waals surface area contributed by atoms with Crippen LogP contribution in [0.2, 0.25) is 0 Å². The predicted molar refractivity (Wildman–Crippen MR) is 69.2 cm³/mol. The van der Waals surface area contributed by atoms with Crippen molar-refractivity contribution in [2.45, 2.75) is 57.3 Å². The van der Waals surface area contributed by atoms with Gasteiger partial charge in [0.15, 0.2) is 0 Å². The van der Waals surface area contributed by atoms with Gasteiger partial charge in [-0.05, 0) is 32.6 Å². The van der Waals surface area contributed by atoms with E-state index in [9.17, 15) is 15.0 Å². The van der Waals surface area contributed by atoms with E-state index in [4.69, 9.17) is 4.74 Å². The van der Waals surface area contributed by atoms with Crippen LogP contribution < -0.4 is 0 Å². The van der Waals surface area contributed by atoms with Crippen molar-refractivity contribution in [3.63, 3.8) is 0 Å². The van der Waals surface area contributed by atoms with Crippen LogP contribution in [0.5, 0.6) is 0 Å². The second-order valence-corrected chi connectivity index (χ2v) is 6.94. The molecule has 0 spiro atoms. The van der Waals surface area contributed by atoms with E-state index < -0.39 is 11.7 Å². The Morgan fingerprint density at radius 3 is 2.68 bits per heavy atom. The monoisotopic (exact) mass is 266 g/mol. The largest absolute Gasteiger partial charge is 0.458 e. The van der Waals surface area contributed by atoms with Gasteiger partial charge in [0.2, 0.25) is 0 Å². The quantitative estimate of drug-likeness (QED) is 0.514. The maximum absolute atomic E-state index is 11.7. The number of esters is 1. The summed E-state index contributed by atoms with van der Waals surface area (Å²) in [6.45, 7) is 7.65. The fourth-order valence-electron chi connectivity index (χ4n) is 4.62. The Balaban J connectivity index is 2.03. The maximum atomic E-state index is 11.7. The summed E-state index contributed by atoms with van der Waals surface area (Å²) in [4.78, 5) is 11.7. The average Bonchev–Trinajstić information content (AvgIpc) is 2.60. The van der Waals surface area contributed by atoms with Crippen molar-refractivity contribution in [2.75, 3.05) is 0 Å². The van der Waals surface area contributed by atoms with Gasteiger partial charge in [-0.15, -0.1) is 0 Å². The maximum Gasteiger partial charge on any atom is 0.334 e. The highest BCUT2D eigenvalue weighted by Gasteiger charge is 2.62. The first-order valence-corrected chi connectivity index (χ1v) is 7.07. The number of aliphatic hydroxyl groups is 2. The molecule has 0 aromatic heterocycles. The van der Waals surface area contributed by atoms with E-state index in [1.165, 1.54) is 0 Å². The van der Waals surface area contributed by atoms with Gasteiger partial charge in [0.25, 0.3) is 0 Å². The molecule has 1 aliphatic heterocycles. The minimum Gasteiger partial charge on any atom is -0.458 e. The highest BCUT2D eigenvalue weighted by molar-refractivity contribution is 5.90. The van der Waals surface area contributed by atoms with Crippen LogP contribution in [0.3, 0.4) is 0 Å². The van der Waals surface area contributed by atoms with Crippen molar-refractivity contribution < 1.29 is 19.7 Å². The molecule has 0 bridgehead atoms. The molecule has 1 saturated heterocycles. The molecule has 0 amide bonds. The molecule has 3 aliphatic rings. The Morgan fingerprint density at radius 2 is 2.00 bits per heavy atom. The smallest absolute Gasteiger partial charge is 0.334 e. The molecule has 2 N–H and O–H groups in total. The molecule has 0 aromatic rings. The van der Waals surface area contributed by atoms with Crippen LogP contribution in [0.4, 0.5) is 0 Å². The Bertz CT molecular complexity index is 441. The van der Waals surface area contributed by atoms with Crippen molar-refractivity contribution in [3.8, 4) is 0 Å². The Morgan fingerprint density at radius 1 is 1.32 bits per heavy atom. The summed E-state index contributed by atoms with van der Waals surface area (Å²) < 4.78 is 5.49. The first-order chi connectivity index (χ1) is 8.77. The standard InChI is InChI=1S/C15H22O4/c1-8-9-4-6-14(2)10(16)5-7-15(3,18)12(14)11(9)19-13(8)17/h9-12,16,18H,1,4-7H2,2-3H3/t9-,10+,11-,12+,14-,15+/m0/s1. The topological polar surface area (TPSA) is 66.8 Å². The molecular weight excluding hydrogens is 244 g/mol. The zero-order valence-electron chi connectivity index (χ0n) is 11.6. The Hall–Kier alpha value is -0.870. The van der Waals surface area contributed by atoms with Crippen LogP contribution in [-0.4, -0.2) is 34.0 Å². The molecule has 3 rings (SSSR count). The molecule has 1 heterocycles. The highest BCUT2D eigenvalue weighted by Crippen LogP contribution is 2.58. The number of carbonyl (C=O) groups excluding carboxylic acids is 1. The van der Waals surface area contributed by atoms with E-state index in [2.05, 4.69) is 6.58 Å². The van der Waals surface area contributed by atoms with Crippen molar-refractivity contribution in [3.05, 3.63) is 12.2 Å². The van der Waals surface area contributed by atoms with Gasteiger partial charge in [-0.3, -0.25) is 0 Å². The van der Waals surface area contributed by atoms with Crippen LogP contribution in [0, 0.1) is 17.3 Å². The summed E-state index contributed by atoms with van der Waals surface area (Å²) >= 11 is 0. The molecule has 3 fully saturated rings. The van der Waals surface area contributed by atoms with Gasteiger partial charge in [-0.1, -0.05) is 13.5 Å². The summed E-state index contributed by atoms with van der Waals surface area (Å²) in [5.74, 6) is -0.553. The first-order valence-electron chi connectivity index (χ1n) is 7.07. The molecule has 2 aliphatic carbocycles. The SMILES string of the molecule is C=C1C(=O)O[C@@H]2[C@@H]3[C@@](C)(CC[C@@H]12)[C@H](O)CC[C@@]3(C)O. The van der Waals surface area contributed by atoms with Crippen molar-refractivity contribution in [1.82, 2.24) is 0 Å². The number of hydrogen-bond donors (Lipinski definition) is 2. The Labute approximate surface area is 113 Å². The normalized spacial score (nSPS) is 53.5. The molecule has 4 nitrogen and oxygen atoms in total. The van der Waals surface area contributed by atoms with Crippen molar-refractivity contribution in [2.24, 2.45) is 17.3 Å². The lowest BCUT2D eigenvalue weighted by Gasteiger charge is -2.57.